The number of alkyl halides is 3. The lowest BCUT2D eigenvalue weighted by Crippen LogP contribution is -2.66. The first-order chi connectivity index (χ1) is 16.5. The van der Waals surface area contributed by atoms with Gasteiger partial charge in [0.1, 0.15) is 17.2 Å². The molecule has 3 N–H and O–H groups in total. The van der Waals surface area contributed by atoms with Crippen LogP contribution in [0.25, 0.3) is 5.57 Å². The maximum atomic E-state index is 12.8. The summed E-state index contributed by atoms with van der Waals surface area (Å²) in [5.41, 5.74) is 1.98. The molecule has 0 atom stereocenters. The first kappa shape index (κ1) is 23.5. The van der Waals surface area contributed by atoms with Crippen LogP contribution in [-0.2, 0) is 6.18 Å². The lowest BCUT2D eigenvalue weighted by atomic mass is 9.60. The van der Waals surface area contributed by atoms with Gasteiger partial charge in [0.05, 0.1) is 16.2 Å². The molecule has 1 saturated heterocycles. The van der Waals surface area contributed by atoms with Crippen molar-refractivity contribution in [3.8, 4) is 0 Å². The van der Waals surface area contributed by atoms with Crippen molar-refractivity contribution in [3.05, 3.63) is 53.0 Å². The Morgan fingerprint density at radius 2 is 1.83 bits per heavy atom. The number of allylic oxidation sites excluding steroid dienone is 1. The predicted octanol–water partition coefficient (Wildman–Crippen LogP) is 5.11. The van der Waals surface area contributed by atoms with E-state index in [9.17, 15) is 18.0 Å². The van der Waals surface area contributed by atoms with Crippen LogP contribution in [0.2, 0.25) is 0 Å². The van der Waals surface area contributed by atoms with Crippen LogP contribution in [0.5, 0.6) is 0 Å². The van der Waals surface area contributed by atoms with Crippen LogP contribution in [0, 0.1) is 16.2 Å². The summed E-state index contributed by atoms with van der Waals surface area (Å²) in [6, 6.07) is 4.52. The lowest BCUT2D eigenvalue weighted by molar-refractivity contribution is -0.137. The molecule has 1 aliphatic carbocycles. The number of hydrogen-bond acceptors (Lipinski definition) is 7. The third-order valence-electron chi connectivity index (χ3n) is 6.91. The maximum Gasteiger partial charge on any atom is 0.416 e. The summed E-state index contributed by atoms with van der Waals surface area (Å²) >= 11 is 1.29. The molecule has 2 aromatic rings. The molecule has 0 radical (unpaired) electrons. The molecule has 1 amide bonds. The van der Waals surface area contributed by atoms with Gasteiger partial charge in [-0.3, -0.25) is 10.2 Å². The van der Waals surface area contributed by atoms with Gasteiger partial charge in [-0.15, -0.1) is 0 Å². The topological polar surface area (TPSA) is 106 Å². The van der Waals surface area contributed by atoms with Crippen molar-refractivity contribution in [2.45, 2.75) is 43.8 Å². The summed E-state index contributed by atoms with van der Waals surface area (Å²) in [5.74, 6) is 0.424. The molecule has 11 heteroatoms. The van der Waals surface area contributed by atoms with Crippen molar-refractivity contribution in [1.29, 1.82) is 10.8 Å². The number of hydrogen-bond donors (Lipinski definition) is 3. The van der Waals surface area contributed by atoms with Gasteiger partial charge in [-0.25, -0.2) is 9.97 Å². The van der Waals surface area contributed by atoms with E-state index < -0.39 is 11.7 Å². The molecule has 1 spiro atoms. The van der Waals surface area contributed by atoms with Crippen molar-refractivity contribution >= 4 is 39.8 Å². The minimum absolute atomic E-state index is 0.0221. The third-order valence-corrected chi connectivity index (χ3v) is 7.91. The lowest BCUT2D eigenvalue weighted by Gasteiger charge is -2.59. The van der Waals surface area contributed by atoms with Gasteiger partial charge in [-0.1, -0.05) is 11.8 Å². The predicted molar refractivity (Wildman–Crippen MR) is 128 cm³/mol. The average Bonchev–Trinajstić information content (AvgIpc) is 3.09. The molecule has 0 bridgehead atoms. The largest absolute Gasteiger partial charge is 0.416 e. The fourth-order valence-corrected chi connectivity index (χ4v) is 5.99. The second-order valence-corrected chi connectivity index (χ2v) is 10.5. The molecule has 3 aliphatic rings. The molecule has 35 heavy (non-hydrogen) atoms. The Balaban J connectivity index is 1.20. The van der Waals surface area contributed by atoms with Crippen molar-refractivity contribution in [3.63, 3.8) is 0 Å². The molecule has 0 unspecified atom stereocenters. The van der Waals surface area contributed by atoms with E-state index in [1.165, 1.54) is 30.2 Å². The molecule has 3 heterocycles. The van der Waals surface area contributed by atoms with Gasteiger partial charge < -0.3 is 15.6 Å². The Kier molecular flexibility index (Phi) is 5.50. The Labute approximate surface area is 204 Å². The Morgan fingerprint density at radius 1 is 1.17 bits per heavy atom. The SMILES string of the molecule is CC(=N)/C(C)=C1\C(=N)Sc2c(NC3CC4(C3)CN(C(=O)c3ccc(C(F)(F)F)cc3)C4)ncnc21. The molecule has 182 valence electrons. The Hall–Kier alpha value is -3.21. The number of amides is 1. The van der Waals surface area contributed by atoms with Gasteiger partial charge in [0.2, 0.25) is 0 Å². The molecule has 7 nitrogen and oxygen atoms in total. The molecule has 2 fully saturated rings. The van der Waals surface area contributed by atoms with Crippen LogP contribution < -0.4 is 5.32 Å². The highest BCUT2D eigenvalue weighted by Gasteiger charge is 2.54. The van der Waals surface area contributed by atoms with Crippen LogP contribution in [0.3, 0.4) is 0 Å². The van der Waals surface area contributed by atoms with E-state index in [0.29, 0.717) is 40.9 Å². The van der Waals surface area contributed by atoms with E-state index in [0.717, 1.165) is 35.4 Å². The molecule has 5 rings (SSSR count). The zero-order valence-electron chi connectivity index (χ0n) is 19.1. The van der Waals surface area contributed by atoms with E-state index >= 15 is 0 Å². The Morgan fingerprint density at radius 3 is 2.43 bits per heavy atom. The van der Waals surface area contributed by atoms with E-state index in [4.69, 9.17) is 10.8 Å². The first-order valence-corrected chi connectivity index (χ1v) is 11.9. The number of anilines is 1. The van der Waals surface area contributed by atoms with Crippen LogP contribution in [0.4, 0.5) is 19.0 Å². The minimum Gasteiger partial charge on any atom is -0.366 e. The summed E-state index contributed by atoms with van der Waals surface area (Å²) in [6.07, 6.45) is -1.25. The molecular formula is C24H23F3N6OS. The smallest absolute Gasteiger partial charge is 0.366 e. The number of nitrogens with zero attached hydrogens (tertiary/aromatic N) is 3. The molecule has 2 aliphatic heterocycles. The number of nitrogens with one attached hydrogen (secondary N) is 3. The van der Waals surface area contributed by atoms with Gasteiger partial charge in [0.25, 0.3) is 5.91 Å². The van der Waals surface area contributed by atoms with Crippen molar-refractivity contribution in [1.82, 2.24) is 14.9 Å². The number of carbonyl (C=O) groups is 1. The van der Waals surface area contributed by atoms with Crippen molar-refractivity contribution < 1.29 is 18.0 Å². The number of fused-ring (bicyclic) bond motifs is 1. The highest BCUT2D eigenvalue weighted by molar-refractivity contribution is 8.15. The summed E-state index contributed by atoms with van der Waals surface area (Å²) in [6.45, 7) is 4.67. The second-order valence-electron chi connectivity index (χ2n) is 9.44. The summed E-state index contributed by atoms with van der Waals surface area (Å²) in [4.78, 5) is 23.9. The number of thioether (sulfide) groups is 1. The summed E-state index contributed by atoms with van der Waals surface area (Å²) < 4.78 is 38.3. The second kappa shape index (κ2) is 8.18. The van der Waals surface area contributed by atoms with Gasteiger partial charge in [0.15, 0.2) is 0 Å². The molecule has 1 aromatic heterocycles. The normalized spacial score (nSPS) is 20.3. The number of carbonyl (C=O) groups excluding carboxylic acids is 1. The zero-order valence-corrected chi connectivity index (χ0v) is 19.9. The molecule has 1 aromatic carbocycles. The van der Waals surface area contributed by atoms with E-state index in [1.54, 1.807) is 11.8 Å². The standard InChI is InChI=1S/C24H23F3N6OS/c1-12(13(2)28)17-18-19(35-20(17)29)21(31-11-30-18)32-16-7-23(8-16)9-33(10-23)22(34)14-3-5-15(6-4-14)24(25,26)27/h3-6,11,16,28-29H,7-10H2,1-2H3,(H,30,31,32)/b17-12-,28-13?,29-20?. The first-order valence-electron chi connectivity index (χ1n) is 11.1. The van der Waals surface area contributed by atoms with Crippen molar-refractivity contribution in [2.75, 3.05) is 18.4 Å². The van der Waals surface area contributed by atoms with Gasteiger partial charge in [-0.2, -0.15) is 13.2 Å². The van der Waals surface area contributed by atoms with Crippen LogP contribution in [-0.4, -0.2) is 50.7 Å². The highest BCUT2D eigenvalue weighted by Crippen LogP contribution is 2.51. The van der Waals surface area contributed by atoms with Gasteiger partial charge in [-0.05, 0) is 56.5 Å². The van der Waals surface area contributed by atoms with Crippen LogP contribution in [0.1, 0.15) is 48.3 Å². The number of likely N-dealkylation sites (tertiary alicyclic amines) is 1. The number of rotatable bonds is 4. The fraction of sp³-hybridized carbons (Fsp3) is 0.375. The summed E-state index contributed by atoms with van der Waals surface area (Å²) in [5, 5.41) is 20.1. The third kappa shape index (κ3) is 4.11. The zero-order chi connectivity index (χ0) is 25.1. The van der Waals surface area contributed by atoms with Gasteiger partial charge >= 0.3 is 6.18 Å². The minimum atomic E-state index is -4.42. The summed E-state index contributed by atoms with van der Waals surface area (Å²) in [7, 11) is 0. The van der Waals surface area contributed by atoms with Crippen molar-refractivity contribution in [2.24, 2.45) is 5.41 Å². The monoisotopic (exact) mass is 500 g/mol. The van der Waals surface area contributed by atoms with Gasteiger partial charge in [0, 0.05) is 41.4 Å². The quantitative estimate of drug-likeness (QED) is 0.506. The molecular weight excluding hydrogens is 477 g/mol. The number of benzene rings is 1. The average molecular weight is 501 g/mol. The maximum absolute atomic E-state index is 12.8. The fourth-order valence-electron chi connectivity index (χ4n) is 4.98. The molecule has 1 saturated carbocycles. The highest BCUT2D eigenvalue weighted by atomic mass is 32.2. The van der Waals surface area contributed by atoms with Crippen LogP contribution >= 0.6 is 11.8 Å². The number of aromatic nitrogens is 2. The number of halogens is 3. The Bertz CT molecular complexity index is 1270. The van der Waals surface area contributed by atoms with E-state index in [-0.39, 0.29) is 22.9 Å². The van der Waals surface area contributed by atoms with E-state index in [1.807, 2.05) is 6.92 Å². The van der Waals surface area contributed by atoms with Crippen LogP contribution in [0.15, 0.2) is 41.1 Å². The van der Waals surface area contributed by atoms with E-state index in [2.05, 4.69) is 15.3 Å².